The van der Waals surface area contributed by atoms with Crippen molar-refractivity contribution in [3.8, 4) is 23.0 Å². The van der Waals surface area contributed by atoms with Gasteiger partial charge in [-0.05, 0) is 117 Å². The lowest BCUT2D eigenvalue weighted by Crippen LogP contribution is -2.48. The van der Waals surface area contributed by atoms with Crippen LogP contribution in [0.15, 0.2) is 84.9 Å². The van der Waals surface area contributed by atoms with E-state index in [9.17, 15) is 0 Å². The van der Waals surface area contributed by atoms with Crippen LogP contribution < -0.4 is 20.9 Å². The minimum atomic E-state index is -0.0129. The lowest BCUT2D eigenvalue weighted by molar-refractivity contribution is 0.165. The van der Waals surface area contributed by atoms with E-state index in [-0.39, 0.29) is 10.8 Å². The fourth-order valence-corrected chi connectivity index (χ4v) is 8.79. The maximum absolute atomic E-state index is 6.76. The van der Waals surface area contributed by atoms with Crippen LogP contribution in [0.25, 0.3) is 0 Å². The van der Waals surface area contributed by atoms with Gasteiger partial charge in [0.15, 0.2) is 0 Å². The molecule has 3 aliphatic carbocycles. The van der Waals surface area contributed by atoms with Crippen molar-refractivity contribution in [2.45, 2.75) is 63.2 Å². The van der Waals surface area contributed by atoms with E-state index in [1.165, 1.54) is 60.8 Å². The van der Waals surface area contributed by atoms with Crippen molar-refractivity contribution < 1.29 is 9.47 Å². The molecule has 0 aliphatic heterocycles. The third-order valence-corrected chi connectivity index (χ3v) is 10.3. The molecule has 4 heteroatoms. The average Bonchev–Trinajstić information content (AvgIpc) is 3.66. The predicted molar refractivity (Wildman–Crippen MR) is 162 cm³/mol. The Labute approximate surface area is 237 Å². The molecule has 0 aromatic heterocycles. The van der Waals surface area contributed by atoms with Gasteiger partial charge in [0.1, 0.15) is 23.0 Å². The van der Waals surface area contributed by atoms with Gasteiger partial charge < -0.3 is 20.9 Å². The highest BCUT2D eigenvalue weighted by Crippen LogP contribution is 2.75. The number of nitrogen functional groups attached to an aromatic ring is 2. The molecule has 0 spiro atoms. The molecule has 4 unspecified atom stereocenters. The normalized spacial score (nSPS) is 26.6. The molecular formula is C36H38N2O2. The van der Waals surface area contributed by atoms with Gasteiger partial charge in [-0.3, -0.25) is 0 Å². The van der Waals surface area contributed by atoms with Crippen molar-refractivity contribution in [1.29, 1.82) is 0 Å². The molecule has 0 saturated heterocycles. The maximum Gasteiger partial charge on any atom is 0.134 e. The van der Waals surface area contributed by atoms with Crippen LogP contribution >= 0.6 is 0 Å². The molecule has 0 heterocycles. The number of ether oxygens (including phenoxy) is 2. The van der Waals surface area contributed by atoms with Gasteiger partial charge in [-0.1, -0.05) is 42.8 Å². The lowest BCUT2D eigenvalue weighted by atomic mass is 9.53. The van der Waals surface area contributed by atoms with E-state index < -0.39 is 0 Å². The molecule has 2 bridgehead atoms. The molecule has 4 N–H and O–H groups in total. The zero-order chi connectivity index (χ0) is 27.5. The fraction of sp³-hybridized carbons (Fsp3) is 0.333. The Morgan fingerprint density at radius 3 is 1.80 bits per heavy atom. The number of benzene rings is 4. The second-order valence-electron chi connectivity index (χ2n) is 12.3. The van der Waals surface area contributed by atoms with E-state index in [0.717, 1.165) is 40.3 Å². The summed E-state index contributed by atoms with van der Waals surface area (Å²) in [7, 11) is 0. The van der Waals surface area contributed by atoms with Crippen molar-refractivity contribution in [3.63, 3.8) is 0 Å². The highest BCUT2D eigenvalue weighted by atomic mass is 16.5. The minimum Gasteiger partial charge on any atom is -0.457 e. The standard InChI is InChI=1S/C36H38N2O2/c1-23-6-3-8-31(33(23)39-28-15-11-26(37)12-16-28)35-21-19-25(22-35)30-10-5-20-36(30,35)32-9-4-7-24(2)34(32)40-29-17-13-27(38)14-18-29/h3-4,6-9,11-18,25,30H,5,10,19-22,37-38H2,1-2H3. The molecule has 3 fully saturated rings. The van der Waals surface area contributed by atoms with Crippen molar-refractivity contribution in [1.82, 2.24) is 0 Å². The summed E-state index contributed by atoms with van der Waals surface area (Å²) in [6, 6.07) is 29.1. The SMILES string of the molecule is Cc1cccc(C23CCC(C2)C2CCCC23c2cccc(C)c2Oc2ccc(N)cc2)c1Oc1ccc(N)cc1. The van der Waals surface area contributed by atoms with Gasteiger partial charge in [0.25, 0.3) is 0 Å². The highest BCUT2D eigenvalue weighted by Gasteiger charge is 2.70. The molecule has 7 rings (SSSR count). The zero-order valence-corrected chi connectivity index (χ0v) is 23.5. The Kier molecular flexibility index (Phi) is 5.85. The van der Waals surface area contributed by atoms with Gasteiger partial charge >= 0.3 is 0 Å². The molecule has 0 radical (unpaired) electrons. The molecule has 0 amide bonds. The number of para-hydroxylation sites is 2. The highest BCUT2D eigenvalue weighted by molar-refractivity contribution is 5.59. The first-order chi connectivity index (χ1) is 19.4. The maximum atomic E-state index is 6.76. The summed E-state index contributed by atoms with van der Waals surface area (Å²) in [5.74, 6) is 5.04. The fourth-order valence-electron chi connectivity index (χ4n) is 8.79. The Balaban J connectivity index is 1.41. The van der Waals surface area contributed by atoms with Gasteiger partial charge in [0, 0.05) is 33.3 Å². The number of fused-ring (bicyclic) bond motifs is 5. The quantitative estimate of drug-likeness (QED) is 0.244. The second-order valence-corrected chi connectivity index (χ2v) is 12.3. The first-order valence-corrected chi connectivity index (χ1v) is 14.7. The van der Waals surface area contributed by atoms with Crippen LogP contribution in [0.2, 0.25) is 0 Å². The Morgan fingerprint density at radius 2 is 1.20 bits per heavy atom. The number of hydrogen-bond acceptors (Lipinski definition) is 4. The van der Waals surface area contributed by atoms with Crippen molar-refractivity contribution in [3.05, 3.63) is 107 Å². The topological polar surface area (TPSA) is 70.5 Å². The van der Waals surface area contributed by atoms with Crippen LogP contribution in [0.1, 0.15) is 60.8 Å². The third kappa shape index (κ3) is 3.65. The van der Waals surface area contributed by atoms with E-state index in [4.69, 9.17) is 20.9 Å². The Bertz CT molecular complexity index is 1560. The number of hydrogen-bond donors (Lipinski definition) is 2. The van der Waals surface area contributed by atoms with Gasteiger partial charge in [0.05, 0.1) is 0 Å². The van der Waals surface area contributed by atoms with Crippen LogP contribution in [-0.2, 0) is 10.8 Å². The molecular weight excluding hydrogens is 492 g/mol. The number of rotatable bonds is 6. The summed E-state index contributed by atoms with van der Waals surface area (Å²) in [5, 5.41) is 0. The van der Waals surface area contributed by atoms with Crippen LogP contribution in [0.4, 0.5) is 11.4 Å². The third-order valence-electron chi connectivity index (χ3n) is 10.3. The first kappa shape index (κ1) is 25.1. The van der Waals surface area contributed by atoms with Gasteiger partial charge in [0.2, 0.25) is 0 Å². The van der Waals surface area contributed by atoms with Crippen LogP contribution in [0.5, 0.6) is 23.0 Å². The number of anilines is 2. The Hall–Kier alpha value is -3.92. The van der Waals surface area contributed by atoms with E-state index >= 15 is 0 Å². The zero-order valence-electron chi connectivity index (χ0n) is 23.5. The second kappa shape index (κ2) is 9.33. The number of aryl methyl sites for hydroxylation is 2. The van der Waals surface area contributed by atoms with Crippen molar-refractivity contribution >= 4 is 11.4 Å². The number of nitrogens with two attached hydrogens (primary N) is 2. The van der Waals surface area contributed by atoms with Crippen molar-refractivity contribution in [2.75, 3.05) is 11.5 Å². The molecule has 204 valence electrons. The smallest absolute Gasteiger partial charge is 0.134 e. The largest absolute Gasteiger partial charge is 0.457 e. The molecule has 3 saturated carbocycles. The lowest BCUT2D eigenvalue weighted by Gasteiger charge is -2.50. The minimum absolute atomic E-state index is 0.00189. The summed E-state index contributed by atoms with van der Waals surface area (Å²) in [4.78, 5) is 0. The molecule has 4 atom stereocenters. The molecule has 3 aliphatic rings. The summed E-state index contributed by atoms with van der Waals surface area (Å²) < 4.78 is 13.5. The van der Waals surface area contributed by atoms with Gasteiger partial charge in [-0.15, -0.1) is 0 Å². The van der Waals surface area contributed by atoms with E-state index in [1.54, 1.807) is 0 Å². The summed E-state index contributed by atoms with van der Waals surface area (Å²) in [6.45, 7) is 4.36. The molecule has 4 aromatic carbocycles. The molecule has 40 heavy (non-hydrogen) atoms. The van der Waals surface area contributed by atoms with Crippen LogP contribution in [0, 0.1) is 25.7 Å². The van der Waals surface area contributed by atoms with Crippen molar-refractivity contribution in [2.24, 2.45) is 11.8 Å². The predicted octanol–water partition coefficient (Wildman–Crippen LogP) is 8.84. The van der Waals surface area contributed by atoms with E-state index in [1.807, 2.05) is 48.5 Å². The summed E-state index contributed by atoms with van der Waals surface area (Å²) >= 11 is 0. The molecule has 4 nitrogen and oxygen atoms in total. The summed E-state index contributed by atoms with van der Waals surface area (Å²) in [6.07, 6.45) is 7.35. The Morgan fingerprint density at radius 1 is 0.650 bits per heavy atom. The van der Waals surface area contributed by atoms with Gasteiger partial charge in [-0.2, -0.15) is 0 Å². The van der Waals surface area contributed by atoms with E-state index in [0.29, 0.717) is 5.92 Å². The monoisotopic (exact) mass is 530 g/mol. The van der Waals surface area contributed by atoms with Crippen LogP contribution in [-0.4, -0.2) is 0 Å². The van der Waals surface area contributed by atoms with Gasteiger partial charge in [-0.25, -0.2) is 0 Å². The molecule has 4 aromatic rings. The first-order valence-electron chi connectivity index (χ1n) is 14.7. The van der Waals surface area contributed by atoms with Crippen LogP contribution in [0.3, 0.4) is 0 Å². The summed E-state index contributed by atoms with van der Waals surface area (Å²) in [5.41, 5.74) is 18.5. The van der Waals surface area contributed by atoms with E-state index in [2.05, 4.69) is 50.2 Å². The average molecular weight is 531 g/mol.